The van der Waals surface area contributed by atoms with Crippen LogP contribution in [0.3, 0.4) is 0 Å². The number of hydrogen-bond donors (Lipinski definition) is 3. The molecule has 8 unspecified atom stereocenters. The summed E-state index contributed by atoms with van der Waals surface area (Å²) in [5.74, 6) is -4.13. The van der Waals surface area contributed by atoms with Crippen LogP contribution in [0.1, 0.15) is 91.4 Å². The van der Waals surface area contributed by atoms with Gasteiger partial charge in [-0.05, 0) is 51.3 Å². The van der Waals surface area contributed by atoms with Gasteiger partial charge < -0.3 is 34.5 Å². The minimum atomic E-state index is -2.00. The lowest BCUT2D eigenvalue weighted by molar-refractivity contribution is -0.331. The van der Waals surface area contributed by atoms with Gasteiger partial charge in [0.15, 0.2) is 11.7 Å². The first kappa shape index (κ1) is 37.4. The number of aliphatic hydroxyl groups excluding tert-OH is 1. The van der Waals surface area contributed by atoms with Crippen LogP contribution in [-0.2, 0) is 38.1 Å². The molecule has 2 saturated carbocycles. The van der Waals surface area contributed by atoms with Crippen molar-refractivity contribution < 1.29 is 53.1 Å². The highest BCUT2D eigenvalue weighted by Crippen LogP contribution is 2.64. The SMILES string of the molecule is CC(=O)NC(C=C(C)C)C(O)C(=O)OC1CC2(O)C(OC(=O)c3ccccc3)C3C4(OC(C)=O)COC4CC[C@@]3(C)C(=O)CC(=C1C)C2(C)C. The Kier molecular flexibility index (Phi) is 9.98. The number of carbonyl (C=O) groups is 5. The van der Waals surface area contributed by atoms with Crippen molar-refractivity contribution in [3.05, 3.63) is 58.7 Å². The molecule has 1 aliphatic heterocycles. The predicted molar refractivity (Wildman–Crippen MR) is 179 cm³/mol. The summed E-state index contributed by atoms with van der Waals surface area (Å²) in [5, 5.41) is 26.9. The molecule has 1 heterocycles. The molecule has 2 bridgehead atoms. The van der Waals surface area contributed by atoms with E-state index < -0.39 is 82.2 Å². The second-order valence-electron chi connectivity index (χ2n) is 15.3. The number of aliphatic hydroxyl groups is 2. The Hall–Kier alpha value is -3.87. The molecule has 3 N–H and O–H groups in total. The van der Waals surface area contributed by atoms with Gasteiger partial charge in [0.2, 0.25) is 5.91 Å². The van der Waals surface area contributed by atoms with E-state index in [-0.39, 0.29) is 30.8 Å². The molecule has 1 aromatic rings. The number of ketones is 1. The first-order chi connectivity index (χ1) is 23.3. The molecule has 4 aliphatic rings. The number of Topliss-reactive ketones (excluding diaryl/α,β-unsaturated/α-hetero) is 1. The molecule has 1 amide bonds. The molecule has 1 saturated heterocycles. The summed E-state index contributed by atoms with van der Waals surface area (Å²) >= 11 is 0. The molecule has 3 fully saturated rings. The third-order valence-electron chi connectivity index (χ3n) is 11.5. The van der Waals surface area contributed by atoms with Crippen molar-refractivity contribution >= 4 is 29.6 Å². The fraction of sp³-hybridized carbons (Fsp3) is 0.605. The van der Waals surface area contributed by atoms with E-state index in [1.54, 1.807) is 71.9 Å². The molecular weight excluding hydrogens is 646 g/mol. The molecule has 3 aliphatic carbocycles. The van der Waals surface area contributed by atoms with Gasteiger partial charge in [-0.25, -0.2) is 9.59 Å². The van der Waals surface area contributed by atoms with Gasteiger partial charge in [0.05, 0.1) is 24.1 Å². The van der Waals surface area contributed by atoms with E-state index in [9.17, 15) is 34.2 Å². The van der Waals surface area contributed by atoms with Crippen LogP contribution < -0.4 is 5.32 Å². The molecule has 0 spiro atoms. The molecule has 12 nitrogen and oxygen atoms in total. The third kappa shape index (κ3) is 6.19. The zero-order valence-corrected chi connectivity index (χ0v) is 30.0. The van der Waals surface area contributed by atoms with E-state index >= 15 is 0 Å². The highest BCUT2D eigenvalue weighted by molar-refractivity contribution is 5.91. The van der Waals surface area contributed by atoms with Gasteiger partial charge in [0.25, 0.3) is 0 Å². The van der Waals surface area contributed by atoms with Crippen LogP contribution in [0.5, 0.6) is 0 Å². The summed E-state index contributed by atoms with van der Waals surface area (Å²) in [5.41, 5.74) is -3.86. The fourth-order valence-corrected chi connectivity index (χ4v) is 8.76. The summed E-state index contributed by atoms with van der Waals surface area (Å²) in [6, 6.07) is 7.15. The summed E-state index contributed by atoms with van der Waals surface area (Å²) in [4.78, 5) is 66.8. The van der Waals surface area contributed by atoms with Gasteiger partial charge >= 0.3 is 17.9 Å². The zero-order chi connectivity index (χ0) is 37.0. The lowest BCUT2D eigenvalue weighted by Crippen LogP contribution is -2.78. The van der Waals surface area contributed by atoms with Crippen LogP contribution in [0.15, 0.2) is 53.1 Å². The van der Waals surface area contributed by atoms with Crippen LogP contribution in [-0.4, -0.2) is 88.1 Å². The summed E-state index contributed by atoms with van der Waals surface area (Å²) in [6.45, 7) is 13.0. The minimum Gasteiger partial charge on any atom is -0.456 e. The number of allylic oxidation sites excluding steroid dienone is 1. The van der Waals surface area contributed by atoms with Gasteiger partial charge in [-0.3, -0.25) is 14.4 Å². The maximum absolute atomic E-state index is 14.7. The average Bonchev–Trinajstić information content (AvgIpc) is 3.02. The molecule has 0 aromatic heterocycles. The number of amides is 1. The van der Waals surface area contributed by atoms with Gasteiger partial charge in [0.1, 0.15) is 29.7 Å². The fourth-order valence-electron chi connectivity index (χ4n) is 8.76. The summed E-state index contributed by atoms with van der Waals surface area (Å²) < 4.78 is 24.3. The van der Waals surface area contributed by atoms with Crippen LogP contribution in [0.2, 0.25) is 0 Å². The number of fused-ring (bicyclic) bond motifs is 5. The summed E-state index contributed by atoms with van der Waals surface area (Å²) in [6.07, 6.45) is -3.15. The normalized spacial score (nSPS) is 33.8. The quantitative estimate of drug-likeness (QED) is 0.206. The van der Waals surface area contributed by atoms with Crippen LogP contribution in [0, 0.1) is 16.7 Å². The first-order valence-electron chi connectivity index (χ1n) is 17.1. The molecular formula is C38H49NO11. The van der Waals surface area contributed by atoms with Crippen molar-refractivity contribution in [2.45, 2.75) is 123 Å². The average molecular weight is 696 g/mol. The van der Waals surface area contributed by atoms with Crippen molar-refractivity contribution in [2.24, 2.45) is 16.7 Å². The molecule has 9 atom stereocenters. The number of benzene rings is 1. The minimum absolute atomic E-state index is 0.0675. The van der Waals surface area contributed by atoms with Crippen molar-refractivity contribution in [3.63, 3.8) is 0 Å². The monoisotopic (exact) mass is 695 g/mol. The second kappa shape index (κ2) is 13.4. The molecule has 1 aromatic carbocycles. The Morgan fingerprint density at radius 3 is 2.26 bits per heavy atom. The third-order valence-corrected chi connectivity index (χ3v) is 11.5. The van der Waals surface area contributed by atoms with Crippen LogP contribution >= 0.6 is 0 Å². The lowest BCUT2D eigenvalue weighted by Gasteiger charge is -2.66. The number of carbonyl (C=O) groups excluding carboxylic acids is 5. The Morgan fingerprint density at radius 2 is 1.70 bits per heavy atom. The van der Waals surface area contributed by atoms with Crippen LogP contribution in [0.4, 0.5) is 0 Å². The van der Waals surface area contributed by atoms with E-state index in [1.807, 2.05) is 0 Å². The summed E-state index contributed by atoms with van der Waals surface area (Å²) in [7, 11) is 0. The zero-order valence-electron chi connectivity index (χ0n) is 30.0. The van der Waals surface area contributed by atoms with E-state index in [1.165, 1.54) is 19.9 Å². The number of nitrogens with one attached hydrogen (secondary N) is 1. The Labute approximate surface area is 292 Å². The number of rotatable bonds is 8. The highest BCUT2D eigenvalue weighted by Gasteiger charge is 2.75. The van der Waals surface area contributed by atoms with Gasteiger partial charge in [0, 0.05) is 37.5 Å². The first-order valence-corrected chi connectivity index (χ1v) is 17.1. The molecule has 0 radical (unpaired) electrons. The van der Waals surface area contributed by atoms with Gasteiger partial charge in [-0.15, -0.1) is 0 Å². The Bertz CT molecular complexity index is 1630. The number of ether oxygens (including phenoxy) is 4. The Balaban J connectivity index is 1.66. The predicted octanol–water partition coefficient (Wildman–Crippen LogP) is 3.52. The number of esters is 3. The van der Waals surface area contributed by atoms with Crippen molar-refractivity contribution in [1.82, 2.24) is 5.32 Å². The van der Waals surface area contributed by atoms with Crippen molar-refractivity contribution in [1.29, 1.82) is 0 Å². The van der Waals surface area contributed by atoms with Crippen LogP contribution in [0.25, 0.3) is 0 Å². The maximum Gasteiger partial charge on any atom is 0.338 e. The molecule has 5 rings (SSSR count). The van der Waals surface area contributed by atoms with E-state index in [0.717, 1.165) is 5.57 Å². The largest absolute Gasteiger partial charge is 0.456 e. The van der Waals surface area contributed by atoms with Gasteiger partial charge in [-0.2, -0.15) is 0 Å². The molecule has 12 heteroatoms. The lowest BCUT2D eigenvalue weighted by atomic mass is 9.46. The highest BCUT2D eigenvalue weighted by atomic mass is 16.6. The van der Waals surface area contributed by atoms with Crippen molar-refractivity contribution in [3.8, 4) is 0 Å². The van der Waals surface area contributed by atoms with Gasteiger partial charge in [-0.1, -0.05) is 56.2 Å². The maximum atomic E-state index is 14.7. The standard InChI is InChI=1S/C38H49NO11/c1-20(2)16-26(39-22(4)40)30(43)34(45)48-27-18-38(46)32(49-33(44)24-12-10-9-11-13-24)31-36(8,28(42)17-25(21(27)3)35(38,6)7)15-14-29-37(31,19-47-29)50-23(5)41/h9-13,16,26-27,29-32,43,46H,14-15,17-19H2,1-8H3,(H,39,40)/t26?,27?,29?,30?,31?,32?,36-,37?,38?/m0/s1. The molecule has 272 valence electrons. The van der Waals surface area contributed by atoms with Crippen molar-refractivity contribution in [2.75, 3.05) is 6.61 Å². The molecule has 50 heavy (non-hydrogen) atoms. The van der Waals surface area contributed by atoms with E-state index in [4.69, 9.17) is 18.9 Å². The smallest absolute Gasteiger partial charge is 0.338 e. The number of hydrogen-bond acceptors (Lipinski definition) is 11. The second-order valence-corrected chi connectivity index (χ2v) is 15.3. The van der Waals surface area contributed by atoms with E-state index in [2.05, 4.69) is 5.32 Å². The van der Waals surface area contributed by atoms with E-state index in [0.29, 0.717) is 24.0 Å². The Morgan fingerprint density at radius 1 is 1.04 bits per heavy atom. The topological polar surface area (TPSA) is 175 Å².